The minimum absolute atomic E-state index is 0.118. The quantitative estimate of drug-likeness (QED) is 0.751. The van der Waals surface area contributed by atoms with Gasteiger partial charge in [0, 0.05) is 13.0 Å². The van der Waals surface area contributed by atoms with E-state index in [9.17, 15) is 9.90 Å². The first-order valence-electron chi connectivity index (χ1n) is 6.78. The lowest BCUT2D eigenvalue weighted by atomic mass is 10.1. The van der Waals surface area contributed by atoms with Crippen molar-refractivity contribution in [3.05, 3.63) is 47.5 Å². The number of methoxy groups -OCH3 is 1. The molecule has 0 bridgehead atoms. The first kappa shape index (κ1) is 15.1. The number of hydrogen-bond donors (Lipinski definition) is 3. The van der Waals surface area contributed by atoms with E-state index in [-0.39, 0.29) is 12.5 Å². The van der Waals surface area contributed by atoms with Crippen LogP contribution in [0.5, 0.6) is 5.75 Å². The van der Waals surface area contributed by atoms with E-state index in [1.165, 1.54) is 6.20 Å². The molecule has 1 amide bonds. The van der Waals surface area contributed by atoms with Gasteiger partial charge in [-0.15, -0.1) is 0 Å². The van der Waals surface area contributed by atoms with Gasteiger partial charge in [-0.3, -0.25) is 4.79 Å². The number of ether oxygens (including phenoxy) is 1. The van der Waals surface area contributed by atoms with Crippen LogP contribution in [-0.2, 0) is 6.42 Å². The summed E-state index contributed by atoms with van der Waals surface area (Å²) in [5, 5.41) is 12.8. The third-order valence-electron chi connectivity index (χ3n) is 3.14. The number of amides is 1. The predicted molar refractivity (Wildman–Crippen MR) is 78.3 cm³/mol. The molecule has 6 heteroatoms. The van der Waals surface area contributed by atoms with Crippen molar-refractivity contribution < 1.29 is 14.6 Å². The number of imidazole rings is 1. The lowest BCUT2D eigenvalue weighted by Gasteiger charge is -2.12. The van der Waals surface area contributed by atoms with Crippen LogP contribution in [0.1, 0.15) is 34.9 Å². The molecule has 2 rings (SSSR count). The number of carbonyl (C=O) groups excluding carboxylic acids is 1. The Kier molecular flexibility index (Phi) is 4.94. The number of H-pyrrole nitrogens is 1. The smallest absolute Gasteiger partial charge is 0.269 e. The number of carbonyl (C=O) groups is 1. The Morgan fingerprint density at radius 3 is 3.00 bits per heavy atom. The maximum absolute atomic E-state index is 11.9. The van der Waals surface area contributed by atoms with E-state index in [1.54, 1.807) is 31.4 Å². The van der Waals surface area contributed by atoms with Gasteiger partial charge in [-0.25, -0.2) is 4.98 Å². The zero-order chi connectivity index (χ0) is 15.2. The fourth-order valence-electron chi connectivity index (χ4n) is 1.91. The number of nitrogens with one attached hydrogen (secondary N) is 2. The van der Waals surface area contributed by atoms with E-state index in [0.717, 1.165) is 12.2 Å². The van der Waals surface area contributed by atoms with Crippen LogP contribution in [0.2, 0.25) is 0 Å². The minimum atomic E-state index is -0.794. The predicted octanol–water partition coefficient (Wildman–Crippen LogP) is 1.44. The molecule has 1 unspecified atom stereocenters. The second-order valence-electron chi connectivity index (χ2n) is 4.60. The van der Waals surface area contributed by atoms with E-state index in [0.29, 0.717) is 17.0 Å². The van der Waals surface area contributed by atoms with Crippen LogP contribution in [0.4, 0.5) is 0 Å². The topological polar surface area (TPSA) is 87.2 Å². The Morgan fingerprint density at radius 2 is 2.33 bits per heavy atom. The molecule has 3 N–H and O–H groups in total. The molecule has 6 nitrogen and oxygen atoms in total. The summed E-state index contributed by atoms with van der Waals surface area (Å²) in [6, 6.07) is 7.11. The lowest BCUT2D eigenvalue weighted by Crippen LogP contribution is -2.28. The highest BCUT2D eigenvalue weighted by Crippen LogP contribution is 2.18. The van der Waals surface area contributed by atoms with Crippen LogP contribution < -0.4 is 10.1 Å². The fourth-order valence-corrected chi connectivity index (χ4v) is 1.91. The third kappa shape index (κ3) is 3.82. The van der Waals surface area contributed by atoms with Gasteiger partial charge in [-0.05, 0) is 17.7 Å². The van der Waals surface area contributed by atoms with Crippen molar-refractivity contribution in [2.45, 2.75) is 19.4 Å². The first-order chi connectivity index (χ1) is 10.1. The average Bonchev–Trinajstić information content (AvgIpc) is 3.01. The van der Waals surface area contributed by atoms with Gasteiger partial charge in [-0.1, -0.05) is 19.1 Å². The molecular formula is C15H19N3O3. The largest absolute Gasteiger partial charge is 0.497 e. The Labute approximate surface area is 123 Å². The zero-order valence-electron chi connectivity index (χ0n) is 12.1. The van der Waals surface area contributed by atoms with Crippen LogP contribution in [0.3, 0.4) is 0 Å². The minimum Gasteiger partial charge on any atom is -0.497 e. The summed E-state index contributed by atoms with van der Waals surface area (Å²) in [6.45, 7) is 2.07. The van der Waals surface area contributed by atoms with E-state index in [2.05, 4.69) is 15.3 Å². The van der Waals surface area contributed by atoms with Crippen molar-refractivity contribution in [1.29, 1.82) is 0 Å². The van der Waals surface area contributed by atoms with Gasteiger partial charge in [0.15, 0.2) is 0 Å². The summed E-state index contributed by atoms with van der Waals surface area (Å²) in [7, 11) is 1.57. The van der Waals surface area contributed by atoms with Gasteiger partial charge in [-0.2, -0.15) is 0 Å². The van der Waals surface area contributed by atoms with Crippen LogP contribution in [0, 0.1) is 0 Å². The number of aromatic nitrogens is 2. The molecule has 0 spiro atoms. The average molecular weight is 289 g/mol. The fraction of sp³-hybridized carbons (Fsp3) is 0.333. The van der Waals surface area contributed by atoms with Gasteiger partial charge in [0.2, 0.25) is 0 Å². The van der Waals surface area contributed by atoms with Gasteiger partial charge in [0.05, 0.1) is 19.4 Å². The van der Waals surface area contributed by atoms with Crippen molar-refractivity contribution >= 4 is 5.91 Å². The maximum atomic E-state index is 11.9. The SMILES string of the molecule is CCc1ncc(C(=O)NCC(O)c2cccc(OC)c2)[nH]1. The first-order valence-corrected chi connectivity index (χ1v) is 6.78. The summed E-state index contributed by atoms with van der Waals surface area (Å²) >= 11 is 0. The molecule has 0 aliphatic carbocycles. The number of aryl methyl sites for hydroxylation is 1. The van der Waals surface area contributed by atoms with Crippen LogP contribution in [0.25, 0.3) is 0 Å². The molecule has 1 aromatic heterocycles. The second-order valence-corrected chi connectivity index (χ2v) is 4.60. The van der Waals surface area contributed by atoms with Gasteiger partial charge in [0.1, 0.15) is 17.3 Å². The highest BCUT2D eigenvalue weighted by Gasteiger charge is 2.13. The normalized spacial score (nSPS) is 12.0. The molecule has 0 fully saturated rings. The molecule has 0 saturated carbocycles. The summed E-state index contributed by atoms with van der Waals surface area (Å²) in [4.78, 5) is 18.9. The van der Waals surface area contributed by atoms with Crippen molar-refractivity contribution in [2.75, 3.05) is 13.7 Å². The maximum Gasteiger partial charge on any atom is 0.269 e. The molecular weight excluding hydrogens is 270 g/mol. The Bertz CT molecular complexity index is 610. The number of aromatic amines is 1. The molecule has 21 heavy (non-hydrogen) atoms. The number of benzene rings is 1. The van der Waals surface area contributed by atoms with Crippen molar-refractivity contribution in [3.63, 3.8) is 0 Å². The molecule has 0 radical (unpaired) electrons. The Hall–Kier alpha value is -2.34. The molecule has 2 aromatic rings. The van der Waals surface area contributed by atoms with Crippen LogP contribution in [-0.4, -0.2) is 34.6 Å². The Balaban J connectivity index is 1.93. The van der Waals surface area contributed by atoms with Gasteiger partial charge >= 0.3 is 0 Å². The van der Waals surface area contributed by atoms with Crippen molar-refractivity contribution in [3.8, 4) is 5.75 Å². The second kappa shape index (κ2) is 6.90. The highest BCUT2D eigenvalue weighted by atomic mass is 16.5. The summed E-state index contributed by atoms with van der Waals surface area (Å²) in [6.07, 6.45) is 1.43. The summed E-state index contributed by atoms with van der Waals surface area (Å²) in [5.41, 5.74) is 1.08. The number of aliphatic hydroxyl groups is 1. The zero-order valence-corrected chi connectivity index (χ0v) is 12.1. The molecule has 0 saturated heterocycles. The van der Waals surface area contributed by atoms with Crippen molar-refractivity contribution in [1.82, 2.24) is 15.3 Å². The van der Waals surface area contributed by atoms with Gasteiger partial charge < -0.3 is 20.1 Å². The van der Waals surface area contributed by atoms with Crippen LogP contribution in [0.15, 0.2) is 30.5 Å². The molecule has 112 valence electrons. The molecule has 1 heterocycles. The number of aliphatic hydroxyl groups excluding tert-OH is 1. The summed E-state index contributed by atoms with van der Waals surface area (Å²) in [5.74, 6) is 1.14. The third-order valence-corrected chi connectivity index (χ3v) is 3.14. The molecule has 1 atom stereocenters. The standard InChI is InChI=1S/C15H19N3O3/c1-3-14-16-8-12(18-14)15(20)17-9-13(19)10-5-4-6-11(7-10)21-2/h4-8,13,19H,3,9H2,1-2H3,(H,16,18)(H,17,20). The lowest BCUT2D eigenvalue weighted by molar-refractivity contribution is 0.0911. The number of rotatable bonds is 6. The highest BCUT2D eigenvalue weighted by molar-refractivity contribution is 5.92. The number of hydrogen-bond acceptors (Lipinski definition) is 4. The van der Waals surface area contributed by atoms with Crippen molar-refractivity contribution in [2.24, 2.45) is 0 Å². The van der Waals surface area contributed by atoms with E-state index in [4.69, 9.17) is 4.74 Å². The Morgan fingerprint density at radius 1 is 1.52 bits per heavy atom. The van der Waals surface area contributed by atoms with E-state index in [1.807, 2.05) is 6.92 Å². The van der Waals surface area contributed by atoms with Crippen LogP contribution >= 0.6 is 0 Å². The van der Waals surface area contributed by atoms with E-state index < -0.39 is 6.10 Å². The summed E-state index contributed by atoms with van der Waals surface area (Å²) < 4.78 is 5.10. The monoisotopic (exact) mass is 289 g/mol. The van der Waals surface area contributed by atoms with Gasteiger partial charge in [0.25, 0.3) is 5.91 Å². The number of nitrogens with zero attached hydrogens (tertiary/aromatic N) is 1. The molecule has 0 aliphatic rings. The molecule has 0 aliphatic heterocycles. The van der Waals surface area contributed by atoms with E-state index >= 15 is 0 Å². The molecule has 1 aromatic carbocycles.